The maximum absolute atomic E-state index is 13.7. The predicted molar refractivity (Wildman–Crippen MR) is 80.5 cm³/mol. The van der Waals surface area contributed by atoms with Crippen LogP contribution < -0.4 is 5.32 Å². The second kappa shape index (κ2) is 7.50. The van der Waals surface area contributed by atoms with Gasteiger partial charge in [-0.25, -0.2) is 8.78 Å². The first kappa shape index (κ1) is 15.1. The standard InChI is InChI=1S/C16H16BrF2N/c17-14-8-9-15(18)13(16(14)19)11-20-10-4-7-12-5-2-1-3-6-12/h1-3,5-6,8-9,20H,4,7,10-11H2. The third-order valence-corrected chi connectivity index (χ3v) is 3.71. The molecule has 0 atom stereocenters. The average Bonchev–Trinajstić information content (AvgIpc) is 2.47. The summed E-state index contributed by atoms with van der Waals surface area (Å²) < 4.78 is 27.5. The van der Waals surface area contributed by atoms with Gasteiger partial charge in [-0.1, -0.05) is 30.3 Å². The summed E-state index contributed by atoms with van der Waals surface area (Å²) in [6, 6.07) is 12.8. The number of benzene rings is 2. The molecule has 20 heavy (non-hydrogen) atoms. The van der Waals surface area contributed by atoms with E-state index in [0.29, 0.717) is 4.47 Å². The highest BCUT2D eigenvalue weighted by Gasteiger charge is 2.11. The Morgan fingerprint density at radius 3 is 2.50 bits per heavy atom. The Morgan fingerprint density at radius 2 is 1.75 bits per heavy atom. The molecule has 0 aliphatic rings. The smallest absolute Gasteiger partial charge is 0.144 e. The normalized spacial score (nSPS) is 10.8. The first-order valence-electron chi connectivity index (χ1n) is 6.55. The zero-order valence-electron chi connectivity index (χ0n) is 11.0. The first-order chi connectivity index (χ1) is 9.68. The van der Waals surface area contributed by atoms with Crippen LogP contribution in [0.4, 0.5) is 8.78 Å². The van der Waals surface area contributed by atoms with E-state index in [0.717, 1.165) is 19.4 Å². The lowest BCUT2D eigenvalue weighted by Crippen LogP contribution is -2.17. The molecule has 0 radical (unpaired) electrons. The lowest BCUT2D eigenvalue weighted by molar-refractivity contribution is 0.529. The van der Waals surface area contributed by atoms with E-state index < -0.39 is 11.6 Å². The molecule has 1 nitrogen and oxygen atoms in total. The minimum absolute atomic E-state index is 0.0825. The highest BCUT2D eigenvalue weighted by molar-refractivity contribution is 9.10. The Labute approximate surface area is 126 Å². The quantitative estimate of drug-likeness (QED) is 0.605. The van der Waals surface area contributed by atoms with Gasteiger partial charge in [0.25, 0.3) is 0 Å². The van der Waals surface area contributed by atoms with Crippen molar-refractivity contribution < 1.29 is 8.78 Å². The fraction of sp³-hybridized carbons (Fsp3) is 0.250. The van der Waals surface area contributed by atoms with E-state index in [-0.39, 0.29) is 12.1 Å². The molecule has 2 aromatic carbocycles. The monoisotopic (exact) mass is 339 g/mol. The zero-order valence-corrected chi connectivity index (χ0v) is 12.6. The molecule has 0 saturated carbocycles. The Kier molecular flexibility index (Phi) is 5.68. The van der Waals surface area contributed by atoms with Gasteiger partial charge in [0.15, 0.2) is 0 Å². The van der Waals surface area contributed by atoms with E-state index in [4.69, 9.17) is 0 Å². The number of hydrogen-bond acceptors (Lipinski definition) is 1. The maximum atomic E-state index is 13.7. The van der Waals surface area contributed by atoms with Crippen LogP contribution in [0.1, 0.15) is 17.5 Å². The molecular weight excluding hydrogens is 324 g/mol. The van der Waals surface area contributed by atoms with Crippen molar-refractivity contribution in [2.45, 2.75) is 19.4 Å². The summed E-state index contributed by atoms with van der Waals surface area (Å²) in [6.45, 7) is 0.923. The summed E-state index contributed by atoms with van der Waals surface area (Å²) in [6.07, 6.45) is 1.89. The molecule has 106 valence electrons. The molecule has 0 bridgehead atoms. The average molecular weight is 340 g/mol. The van der Waals surface area contributed by atoms with Gasteiger partial charge in [-0.3, -0.25) is 0 Å². The fourth-order valence-electron chi connectivity index (χ4n) is 2.01. The molecule has 0 spiro atoms. The van der Waals surface area contributed by atoms with Gasteiger partial charge in [0, 0.05) is 12.1 Å². The molecule has 0 aromatic heterocycles. The van der Waals surface area contributed by atoms with Crippen LogP contribution in [0, 0.1) is 11.6 Å². The van der Waals surface area contributed by atoms with Crippen molar-refractivity contribution in [1.29, 1.82) is 0 Å². The van der Waals surface area contributed by atoms with Gasteiger partial charge < -0.3 is 5.32 Å². The van der Waals surface area contributed by atoms with Crippen LogP contribution in [-0.2, 0) is 13.0 Å². The highest BCUT2D eigenvalue weighted by atomic mass is 79.9. The van der Waals surface area contributed by atoms with Crippen molar-refractivity contribution in [1.82, 2.24) is 5.32 Å². The summed E-state index contributed by atoms with van der Waals surface area (Å²) in [7, 11) is 0. The van der Waals surface area contributed by atoms with Crippen molar-refractivity contribution in [2.75, 3.05) is 6.54 Å². The van der Waals surface area contributed by atoms with E-state index >= 15 is 0 Å². The molecule has 0 amide bonds. The molecule has 2 aromatic rings. The molecule has 4 heteroatoms. The molecule has 0 heterocycles. The maximum Gasteiger partial charge on any atom is 0.144 e. The summed E-state index contributed by atoms with van der Waals surface area (Å²) in [4.78, 5) is 0. The van der Waals surface area contributed by atoms with Crippen molar-refractivity contribution in [3.63, 3.8) is 0 Å². The van der Waals surface area contributed by atoms with E-state index in [1.165, 1.54) is 17.7 Å². The van der Waals surface area contributed by atoms with Gasteiger partial charge >= 0.3 is 0 Å². The van der Waals surface area contributed by atoms with Gasteiger partial charge in [0.1, 0.15) is 11.6 Å². The highest BCUT2D eigenvalue weighted by Crippen LogP contribution is 2.21. The Hall–Kier alpha value is -1.26. The Morgan fingerprint density at radius 1 is 1.00 bits per heavy atom. The molecule has 1 N–H and O–H groups in total. The number of hydrogen-bond donors (Lipinski definition) is 1. The number of halogens is 3. The van der Waals surface area contributed by atoms with E-state index in [9.17, 15) is 8.78 Å². The molecule has 0 aliphatic heterocycles. The first-order valence-corrected chi connectivity index (χ1v) is 7.35. The van der Waals surface area contributed by atoms with Crippen LogP contribution >= 0.6 is 15.9 Å². The third kappa shape index (κ3) is 4.12. The largest absolute Gasteiger partial charge is 0.312 e. The van der Waals surface area contributed by atoms with Crippen LogP contribution in [0.3, 0.4) is 0 Å². The van der Waals surface area contributed by atoms with Crippen molar-refractivity contribution >= 4 is 15.9 Å². The molecule has 0 aliphatic carbocycles. The number of aryl methyl sites for hydroxylation is 1. The lowest BCUT2D eigenvalue weighted by atomic mass is 10.1. The minimum atomic E-state index is -0.527. The third-order valence-electron chi connectivity index (χ3n) is 3.10. The summed E-state index contributed by atoms with van der Waals surface area (Å²) in [5, 5.41) is 3.08. The van der Waals surface area contributed by atoms with Crippen LogP contribution in [0.15, 0.2) is 46.9 Å². The Balaban J connectivity index is 1.78. The minimum Gasteiger partial charge on any atom is -0.312 e. The van der Waals surface area contributed by atoms with Gasteiger partial charge in [-0.15, -0.1) is 0 Å². The van der Waals surface area contributed by atoms with Gasteiger partial charge in [-0.05, 0) is 53.0 Å². The van der Waals surface area contributed by atoms with E-state index in [2.05, 4.69) is 33.4 Å². The summed E-state index contributed by atoms with van der Waals surface area (Å²) >= 11 is 3.06. The molecule has 0 saturated heterocycles. The van der Waals surface area contributed by atoms with Crippen LogP contribution in [0.5, 0.6) is 0 Å². The molecular formula is C16H16BrF2N. The SMILES string of the molecule is Fc1ccc(Br)c(F)c1CNCCCc1ccccc1. The fourth-order valence-corrected chi connectivity index (χ4v) is 2.38. The molecule has 0 fully saturated rings. The van der Waals surface area contributed by atoms with Crippen molar-refractivity contribution in [3.8, 4) is 0 Å². The van der Waals surface area contributed by atoms with E-state index in [1.807, 2.05) is 18.2 Å². The van der Waals surface area contributed by atoms with Gasteiger partial charge in [-0.2, -0.15) is 0 Å². The summed E-state index contributed by atoms with van der Waals surface area (Å²) in [5.41, 5.74) is 1.35. The van der Waals surface area contributed by atoms with Gasteiger partial charge in [0.05, 0.1) is 4.47 Å². The number of rotatable bonds is 6. The zero-order chi connectivity index (χ0) is 14.4. The van der Waals surface area contributed by atoms with Crippen molar-refractivity contribution in [3.05, 3.63) is 69.7 Å². The number of nitrogens with one attached hydrogen (secondary N) is 1. The molecule has 0 unspecified atom stereocenters. The molecule has 2 rings (SSSR count). The second-order valence-electron chi connectivity index (χ2n) is 4.59. The predicted octanol–water partition coefficient (Wildman–Crippen LogP) is 4.45. The second-order valence-corrected chi connectivity index (χ2v) is 5.44. The summed E-state index contributed by atoms with van der Waals surface area (Å²) in [5.74, 6) is -1.04. The Bertz CT molecular complexity index is 558. The van der Waals surface area contributed by atoms with Crippen molar-refractivity contribution in [2.24, 2.45) is 0 Å². The lowest BCUT2D eigenvalue weighted by Gasteiger charge is -2.08. The van der Waals surface area contributed by atoms with Gasteiger partial charge in [0.2, 0.25) is 0 Å². The van der Waals surface area contributed by atoms with Crippen LogP contribution in [0.2, 0.25) is 0 Å². The van der Waals surface area contributed by atoms with E-state index in [1.54, 1.807) is 0 Å². The van der Waals surface area contributed by atoms with Crippen LogP contribution in [-0.4, -0.2) is 6.54 Å². The topological polar surface area (TPSA) is 12.0 Å². The van der Waals surface area contributed by atoms with Crippen LogP contribution in [0.25, 0.3) is 0 Å².